The van der Waals surface area contributed by atoms with Gasteiger partial charge in [0.1, 0.15) is 18.1 Å². The van der Waals surface area contributed by atoms with Gasteiger partial charge in [0.05, 0.1) is 0 Å². The van der Waals surface area contributed by atoms with Gasteiger partial charge in [0.15, 0.2) is 5.96 Å². The molecule has 0 saturated carbocycles. The summed E-state index contributed by atoms with van der Waals surface area (Å²) in [6, 6.07) is 7.43. The summed E-state index contributed by atoms with van der Waals surface area (Å²) in [5.74, 6) is 0.517. The van der Waals surface area contributed by atoms with Crippen molar-refractivity contribution in [3.8, 4) is 5.75 Å². The Hall–Kier alpha value is -2.54. The molecule has 22 heavy (non-hydrogen) atoms. The van der Waals surface area contributed by atoms with E-state index in [2.05, 4.69) is 20.2 Å². The second kappa shape index (κ2) is 6.95. The molecule has 0 radical (unpaired) electrons. The van der Waals surface area contributed by atoms with Gasteiger partial charge in [-0.15, -0.1) is 0 Å². The van der Waals surface area contributed by atoms with E-state index in [0.717, 1.165) is 23.2 Å². The number of aliphatic imine (C=N–C) groups is 1. The zero-order valence-corrected chi connectivity index (χ0v) is 13.0. The molecule has 0 unspecified atom stereocenters. The number of amides is 1. The number of nitrogens with zero attached hydrogens (tertiary/aromatic N) is 2. The number of rotatable bonds is 5. The number of hydrogen-bond acceptors (Lipinski definition) is 4. The van der Waals surface area contributed by atoms with Crippen molar-refractivity contribution in [2.24, 2.45) is 10.7 Å². The van der Waals surface area contributed by atoms with Crippen LogP contribution in [0.25, 0.3) is 10.9 Å². The van der Waals surface area contributed by atoms with Crippen molar-refractivity contribution in [3.05, 3.63) is 30.0 Å². The molecule has 1 amide bonds. The van der Waals surface area contributed by atoms with Gasteiger partial charge in [-0.25, -0.2) is 0 Å². The van der Waals surface area contributed by atoms with Gasteiger partial charge in [-0.1, -0.05) is 0 Å². The molecule has 7 nitrogen and oxygen atoms in total. The van der Waals surface area contributed by atoms with Crippen molar-refractivity contribution in [1.29, 1.82) is 0 Å². The van der Waals surface area contributed by atoms with Crippen molar-refractivity contribution < 1.29 is 9.53 Å². The van der Waals surface area contributed by atoms with Crippen LogP contribution >= 0.6 is 0 Å². The number of benzene rings is 1. The Bertz CT molecular complexity index is 690. The Labute approximate surface area is 129 Å². The smallest absolute Gasteiger partial charge is 0.274 e. The van der Waals surface area contributed by atoms with Crippen molar-refractivity contribution >= 4 is 22.8 Å². The first-order valence-corrected chi connectivity index (χ1v) is 6.93. The average molecular weight is 303 g/mol. The Kier molecular flexibility index (Phi) is 5.00. The molecule has 0 spiro atoms. The molecule has 0 fully saturated rings. The van der Waals surface area contributed by atoms with Gasteiger partial charge in [-0.3, -0.25) is 15.1 Å². The van der Waals surface area contributed by atoms with E-state index in [1.165, 1.54) is 7.05 Å². The summed E-state index contributed by atoms with van der Waals surface area (Å²) in [6.07, 6.45) is 0. The number of ether oxygens (including phenoxy) is 1. The summed E-state index contributed by atoms with van der Waals surface area (Å²) in [5, 5.41) is 3.42. The zero-order valence-electron chi connectivity index (χ0n) is 13.0. The molecule has 0 saturated heterocycles. The summed E-state index contributed by atoms with van der Waals surface area (Å²) in [5.41, 5.74) is 6.75. The highest BCUT2D eigenvalue weighted by molar-refractivity contribution is 6.06. The van der Waals surface area contributed by atoms with Crippen LogP contribution in [0, 0.1) is 0 Å². The van der Waals surface area contributed by atoms with Crippen molar-refractivity contribution in [2.45, 2.75) is 0 Å². The molecule has 1 aromatic carbocycles. The maximum Gasteiger partial charge on any atom is 0.274 e. The van der Waals surface area contributed by atoms with Crippen molar-refractivity contribution in [3.63, 3.8) is 0 Å². The van der Waals surface area contributed by atoms with E-state index in [-0.39, 0.29) is 11.9 Å². The van der Waals surface area contributed by atoms with Crippen LogP contribution in [0.3, 0.4) is 0 Å². The standard InChI is InChI=1S/C15H21N5O2/c1-17-15(16)19-14(21)13-8-10-4-5-11(9-12(10)18-13)22-7-6-20(2)3/h4-5,8-9,18H,6-7H2,1-3H3,(H3,16,17,19,21). The number of carbonyl (C=O) groups is 1. The minimum absolute atomic E-state index is 0.0800. The molecule has 0 aliphatic carbocycles. The van der Waals surface area contributed by atoms with Crippen LogP contribution in [0.4, 0.5) is 0 Å². The Morgan fingerprint density at radius 3 is 2.86 bits per heavy atom. The molecule has 0 atom stereocenters. The molecule has 2 rings (SSSR count). The van der Waals surface area contributed by atoms with Crippen LogP contribution in [0.2, 0.25) is 0 Å². The molecule has 0 aliphatic rings. The lowest BCUT2D eigenvalue weighted by Gasteiger charge is -2.10. The predicted octanol–water partition coefficient (Wildman–Crippen LogP) is 0.783. The monoisotopic (exact) mass is 303 g/mol. The van der Waals surface area contributed by atoms with E-state index < -0.39 is 0 Å². The fourth-order valence-electron chi connectivity index (χ4n) is 1.90. The number of likely N-dealkylation sites (N-methyl/N-ethyl adjacent to an activating group) is 1. The van der Waals surface area contributed by atoms with Gasteiger partial charge in [0, 0.05) is 30.6 Å². The average Bonchev–Trinajstić information content (AvgIpc) is 2.90. The third-order valence-corrected chi connectivity index (χ3v) is 3.13. The highest BCUT2D eigenvalue weighted by Gasteiger charge is 2.10. The first-order chi connectivity index (χ1) is 10.5. The second-order valence-corrected chi connectivity index (χ2v) is 5.15. The number of carbonyl (C=O) groups excluding carboxylic acids is 1. The third kappa shape index (κ3) is 3.98. The van der Waals surface area contributed by atoms with Crippen LogP contribution in [-0.2, 0) is 0 Å². The summed E-state index contributed by atoms with van der Waals surface area (Å²) in [4.78, 5) is 20.8. The van der Waals surface area contributed by atoms with E-state index in [4.69, 9.17) is 10.5 Å². The van der Waals surface area contributed by atoms with Gasteiger partial charge in [-0.05, 0) is 32.3 Å². The topological polar surface area (TPSA) is 95.7 Å². The number of nitrogens with one attached hydrogen (secondary N) is 2. The lowest BCUT2D eigenvalue weighted by Crippen LogP contribution is -2.36. The number of aromatic nitrogens is 1. The fourth-order valence-corrected chi connectivity index (χ4v) is 1.90. The van der Waals surface area contributed by atoms with E-state index >= 15 is 0 Å². The van der Waals surface area contributed by atoms with Crippen LogP contribution in [-0.4, -0.2) is 56.0 Å². The van der Waals surface area contributed by atoms with Gasteiger partial charge in [0.25, 0.3) is 5.91 Å². The molecule has 0 bridgehead atoms. The van der Waals surface area contributed by atoms with E-state index in [0.29, 0.717) is 12.3 Å². The van der Waals surface area contributed by atoms with Crippen LogP contribution in [0.1, 0.15) is 10.5 Å². The number of hydrogen-bond donors (Lipinski definition) is 3. The van der Waals surface area contributed by atoms with E-state index in [9.17, 15) is 4.79 Å². The maximum absolute atomic E-state index is 12.0. The van der Waals surface area contributed by atoms with Crippen LogP contribution in [0.15, 0.2) is 29.3 Å². The maximum atomic E-state index is 12.0. The molecule has 2 aromatic rings. The molecule has 7 heteroatoms. The molecule has 0 aliphatic heterocycles. The lowest BCUT2D eigenvalue weighted by molar-refractivity contribution is 0.0972. The van der Waals surface area contributed by atoms with Gasteiger partial charge in [-0.2, -0.15) is 0 Å². The number of nitrogens with two attached hydrogens (primary N) is 1. The summed E-state index contributed by atoms with van der Waals surface area (Å²) >= 11 is 0. The molecule has 4 N–H and O–H groups in total. The van der Waals surface area contributed by atoms with Crippen LogP contribution in [0.5, 0.6) is 5.75 Å². The summed E-state index contributed by atoms with van der Waals surface area (Å²) in [6.45, 7) is 1.45. The summed E-state index contributed by atoms with van der Waals surface area (Å²) in [7, 11) is 5.50. The van der Waals surface area contributed by atoms with E-state index in [1.807, 2.05) is 32.3 Å². The van der Waals surface area contributed by atoms with Gasteiger partial charge < -0.3 is 20.4 Å². The Balaban J connectivity index is 2.11. The Morgan fingerprint density at radius 1 is 1.41 bits per heavy atom. The van der Waals surface area contributed by atoms with Gasteiger partial charge in [0.2, 0.25) is 0 Å². The molecular formula is C15H21N5O2. The minimum atomic E-state index is -0.325. The zero-order chi connectivity index (χ0) is 16.1. The lowest BCUT2D eigenvalue weighted by atomic mass is 10.2. The van der Waals surface area contributed by atoms with Gasteiger partial charge >= 0.3 is 0 Å². The number of guanidine groups is 1. The minimum Gasteiger partial charge on any atom is -0.492 e. The highest BCUT2D eigenvalue weighted by atomic mass is 16.5. The highest BCUT2D eigenvalue weighted by Crippen LogP contribution is 2.21. The van der Waals surface area contributed by atoms with Crippen molar-refractivity contribution in [1.82, 2.24) is 15.2 Å². The number of H-pyrrole nitrogens is 1. The molecule has 118 valence electrons. The first kappa shape index (κ1) is 15.8. The van der Waals surface area contributed by atoms with E-state index in [1.54, 1.807) is 6.07 Å². The number of aromatic amines is 1. The SMILES string of the molecule is CN=C(N)NC(=O)c1cc2ccc(OCCN(C)C)cc2[nH]1. The normalized spacial score (nSPS) is 11.9. The Morgan fingerprint density at radius 2 is 2.18 bits per heavy atom. The molecule has 1 heterocycles. The summed E-state index contributed by atoms with van der Waals surface area (Å²) < 4.78 is 5.68. The van der Waals surface area contributed by atoms with Crippen molar-refractivity contribution in [2.75, 3.05) is 34.3 Å². The first-order valence-electron chi connectivity index (χ1n) is 6.93. The fraction of sp³-hybridized carbons (Fsp3) is 0.333. The molecular weight excluding hydrogens is 282 g/mol. The third-order valence-electron chi connectivity index (χ3n) is 3.13. The van der Waals surface area contributed by atoms with Crippen LogP contribution < -0.4 is 15.8 Å². The second-order valence-electron chi connectivity index (χ2n) is 5.15. The predicted molar refractivity (Wildman–Crippen MR) is 87.4 cm³/mol. The largest absolute Gasteiger partial charge is 0.492 e. The number of fused-ring (bicyclic) bond motifs is 1. The quantitative estimate of drug-likeness (QED) is 0.562. The molecule has 1 aromatic heterocycles.